The van der Waals surface area contributed by atoms with Crippen LogP contribution in [-0.4, -0.2) is 24.9 Å². The highest BCUT2D eigenvalue weighted by molar-refractivity contribution is 6.00. The van der Waals surface area contributed by atoms with Crippen LogP contribution in [-0.2, 0) is 9.59 Å². The first kappa shape index (κ1) is 19.9. The van der Waals surface area contributed by atoms with E-state index in [0.29, 0.717) is 13.1 Å². The van der Waals surface area contributed by atoms with E-state index in [0.717, 1.165) is 16.8 Å². The Balaban J connectivity index is 0.00000243. The third-order valence-corrected chi connectivity index (χ3v) is 4.57. The summed E-state index contributed by atoms with van der Waals surface area (Å²) in [6.45, 7) is 2.77. The minimum absolute atomic E-state index is 0. The van der Waals surface area contributed by atoms with Gasteiger partial charge in [0, 0.05) is 31.2 Å². The summed E-state index contributed by atoms with van der Waals surface area (Å²) in [4.78, 5) is 26.3. The maximum absolute atomic E-state index is 12.4. The second kappa shape index (κ2) is 8.83. The van der Waals surface area contributed by atoms with E-state index in [1.165, 1.54) is 0 Å². The van der Waals surface area contributed by atoms with E-state index in [1.54, 1.807) is 4.90 Å². The average molecular weight is 374 g/mol. The molecule has 2 unspecified atom stereocenters. The molecular weight excluding hydrogens is 350 g/mol. The number of nitrogens with one attached hydrogen (secondary N) is 1. The zero-order valence-electron chi connectivity index (χ0n) is 14.7. The van der Waals surface area contributed by atoms with Crippen molar-refractivity contribution in [3.8, 4) is 0 Å². The molecule has 3 N–H and O–H groups in total. The highest BCUT2D eigenvalue weighted by atomic mass is 35.5. The van der Waals surface area contributed by atoms with Gasteiger partial charge in [0.1, 0.15) is 0 Å². The predicted octanol–water partition coefficient (Wildman–Crippen LogP) is 2.59. The van der Waals surface area contributed by atoms with Gasteiger partial charge in [-0.3, -0.25) is 9.59 Å². The highest BCUT2D eigenvalue weighted by Crippen LogP contribution is 2.25. The van der Waals surface area contributed by atoms with Crippen molar-refractivity contribution < 1.29 is 9.59 Å². The molecule has 1 aliphatic rings. The van der Waals surface area contributed by atoms with Crippen LogP contribution in [0, 0.1) is 12.8 Å². The molecule has 1 fully saturated rings. The molecule has 2 amide bonds. The van der Waals surface area contributed by atoms with Crippen molar-refractivity contribution in [2.45, 2.75) is 19.4 Å². The quantitative estimate of drug-likeness (QED) is 0.845. The Kier molecular flexibility index (Phi) is 6.77. The lowest BCUT2D eigenvalue weighted by Gasteiger charge is -2.18. The zero-order valence-corrected chi connectivity index (χ0v) is 15.5. The fourth-order valence-electron chi connectivity index (χ4n) is 3.03. The van der Waals surface area contributed by atoms with Gasteiger partial charge in [0.15, 0.2) is 0 Å². The summed E-state index contributed by atoms with van der Waals surface area (Å²) >= 11 is 0. The van der Waals surface area contributed by atoms with E-state index in [4.69, 9.17) is 5.73 Å². The summed E-state index contributed by atoms with van der Waals surface area (Å²) in [5.74, 6) is -0.470. The summed E-state index contributed by atoms with van der Waals surface area (Å²) in [5, 5.41) is 2.88. The number of nitrogens with two attached hydrogens (primary N) is 1. The number of carbonyl (C=O) groups is 2. The fraction of sp³-hybridized carbons (Fsp3) is 0.300. The first-order valence-electron chi connectivity index (χ1n) is 8.50. The maximum Gasteiger partial charge on any atom is 0.227 e. The first-order chi connectivity index (χ1) is 12.0. The Labute approximate surface area is 160 Å². The number of amides is 2. The SMILES string of the molecule is Cc1ccc(N2CC(C(=O)NCC(N)c3ccccc3)CC2=O)cc1.Cl. The third-order valence-electron chi connectivity index (χ3n) is 4.57. The van der Waals surface area contributed by atoms with E-state index < -0.39 is 0 Å². The molecule has 1 aliphatic heterocycles. The van der Waals surface area contributed by atoms with E-state index in [2.05, 4.69) is 5.32 Å². The molecule has 6 heteroatoms. The topological polar surface area (TPSA) is 75.4 Å². The van der Waals surface area contributed by atoms with Crippen molar-refractivity contribution in [3.63, 3.8) is 0 Å². The van der Waals surface area contributed by atoms with Crippen LogP contribution in [0.25, 0.3) is 0 Å². The molecule has 1 heterocycles. The molecule has 0 aliphatic carbocycles. The largest absolute Gasteiger partial charge is 0.354 e. The zero-order chi connectivity index (χ0) is 17.8. The van der Waals surface area contributed by atoms with Crippen LogP contribution >= 0.6 is 12.4 Å². The molecule has 0 bridgehead atoms. The van der Waals surface area contributed by atoms with Crippen molar-refractivity contribution in [1.29, 1.82) is 0 Å². The van der Waals surface area contributed by atoms with Crippen molar-refractivity contribution in [3.05, 3.63) is 65.7 Å². The Morgan fingerprint density at radius 1 is 1.19 bits per heavy atom. The van der Waals surface area contributed by atoms with Gasteiger partial charge in [0.2, 0.25) is 11.8 Å². The number of carbonyl (C=O) groups excluding carboxylic acids is 2. The summed E-state index contributed by atoms with van der Waals surface area (Å²) in [6, 6.07) is 17.2. The lowest BCUT2D eigenvalue weighted by molar-refractivity contribution is -0.126. The molecule has 0 aromatic heterocycles. The number of benzene rings is 2. The van der Waals surface area contributed by atoms with E-state index in [-0.39, 0.29) is 42.6 Å². The number of rotatable bonds is 5. The molecule has 2 aromatic rings. The minimum Gasteiger partial charge on any atom is -0.354 e. The first-order valence-corrected chi connectivity index (χ1v) is 8.50. The molecule has 0 spiro atoms. The van der Waals surface area contributed by atoms with Crippen LogP contribution < -0.4 is 16.0 Å². The number of nitrogens with zero attached hydrogens (tertiary/aromatic N) is 1. The molecule has 138 valence electrons. The van der Waals surface area contributed by atoms with Crippen LogP contribution in [0.5, 0.6) is 0 Å². The van der Waals surface area contributed by atoms with Crippen LogP contribution in [0.1, 0.15) is 23.6 Å². The van der Waals surface area contributed by atoms with Crippen molar-refractivity contribution in [2.75, 3.05) is 18.0 Å². The molecule has 1 saturated heterocycles. The molecule has 0 saturated carbocycles. The van der Waals surface area contributed by atoms with Crippen LogP contribution in [0.15, 0.2) is 54.6 Å². The molecule has 5 nitrogen and oxygen atoms in total. The normalized spacial score (nSPS) is 17.5. The van der Waals surface area contributed by atoms with Crippen LogP contribution in [0.4, 0.5) is 5.69 Å². The highest BCUT2D eigenvalue weighted by Gasteiger charge is 2.35. The smallest absolute Gasteiger partial charge is 0.227 e. The Morgan fingerprint density at radius 3 is 2.50 bits per heavy atom. The van der Waals surface area contributed by atoms with Gasteiger partial charge in [-0.2, -0.15) is 0 Å². The van der Waals surface area contributed by atoms with Gasteiger partial charge in [0.25, 0.3) is 0 Å². The van der Waals surface area contributed by atoms with Crippen LogP contribution in [0.2, 0.25) is 0 Å². The van der Waals surface area contributed by atoms with E-state index in [9.17, 15) is 9.59 Å². The number of hydrogen-bond acceptors (Lipinski definition) is 3. The number of hydrogen-bond donors (Lipinski definition) is 2. The standard InChI is InChI=1S/C20H23N3O2.ClH/c1-14-7-9-17(10-8-14)23-13-16(11-19(23)24)20(25)22-12-18(21)15-5-3-2-4-6-15;/h2-10,16,18H,11-13,21H2,1H3,(H,22,25);1H. The minimum atomic E-state index is -0.336. The van der Waals surface area contributed by atoms with Crippen molar-refractivity contribution >= 4 is 29.9 Å². The summed E-state index contributed by atoms with van der Waals surface area (Å²) in [7, 11) is 0. The van der Waals surface area contributed by atoms with Crippen LogP contribution in [0.3, 0.4) is 0 Å². The van der Waals surface area contributed by atoms with Gasteiger partial charge < -0.3 is 16.0 Å². The predicted molar refractivity (Wildman–Crippen MR) is 105 cm³/mol. The fourth-order valence-corrected chi connectivity index (χ4v) is 3.03. The average Bonchev–Trinajstić information content (AvgIpc) is 3.02. The van der Waals surface area contributed by atoms with Crippen molar-refractivity contribution in [2.24, 2.45) is 11.7 Å². The lowest BCUT2D eigenvalue weighted by Crippen LogP contribution is -2.37. The maximum atomic E-state index is 12.4. The summed E-state index contributed by atoms with van der Waals surface area (Å²) < 4.78 is 0. The van der Waals surface area contributed by atoms with Gasteiger partial charge in [-0.1, -0.05) is 48.0 Å². The monoisotopic (exact) mass is 373 g/mol. The molecule has 0 radical (unpaired) electrons. The van der Waals surface area contributed by atoms with Crippen molar-refractivity contribution in [1.82, 2.24) is 5.32 Å². The number of aryl methyl sites for hydroxylation is 1. The van der Waals surface area contributed by atoms with E-state index in [1.807, 2.05) is 61.5 Å². The van der Waals surface area contributed by atoms with E-state index >= 15 is 0 Å². The molecule has 2 atom stereocenters. The Bertz CT molecular complexity index is 749. The molecule has 26 heavy (non-hydrogen) atoms. The number of anilines is 1. The van der Waals surface area contributed by atoms with Gasteiger partial charge in [-0.25, -0.2) is 0 Å². The van der Waals surface area contributed by atoms with Gasteiger partial charge in [0.05, 0.1) is 5.92 Å². The van der Waals surface area contributed by atoms with Gasteiger partial charge in [-0.05, 0) is 24.6 Å². The lowest BCUT2D eigenvalue weighted by atomic mass is 10.1. The second-order valence-corrected chi connectivity index (χ2v) is 6.50. The Hall–Kier alpha value is -2.37. The third kappa shape index (κ3) is 4.62. The van der Waals surface area contributed by atoms with Gasteiger partial charge in [-0.15, -0.1) is 12.4 Å². The second-order valence-electron chi connectivity index (χ2n) is 6.50. The number of halogens is 1. The molecule has 3 rings (SSSR count). The van der Waals surface area contributed by atoms with Gasteiger partial charge >= 0.3 is 0 Å². The summed E-state index contributed by atoms with van der Waals surface area (Å²) in [6.07, 6.45) is 0.236. The molecular formula is C20H24ClN3O2. The molecule has 2 aromatic carbocycles. The Morgan fingerprint density at radius 2 is 1.85 bits per heavy atom. The summed E-state index contributed by atoms with van der Waals surface area (Å²) in [5.41, 5.74) is 9.07.